The fourth-order valence-electron chi connectivity index (χ4n) is 2.40. The normalized spacial score (nSPS) is 10.6. The van der Waals surface area contributed by atoms with Crippen molar-refractivity contribution in [1.82, 2.24) is 4.90 Å². The molecule has 2 aromatic rings. The number of hydrogen-bond donors (Lipinski definition) is 3. The van der Waals surface area contributed by atoms with Crippen molar-refractivity contribution in [3.05, 3.63) is 65.2 Å². The van der Waals surface area contributed by atoms with Crippen molar-refractivity contribution in [3.8, 4) is 5.75 Å². The number of phenols is 1. The number of nitrogens with zero attached hydrogens (tertiary/aromatic N) is 1. The van der Waals surface area contributed by atoms with Gasteiger partial charge >= 0.3 is 11.9 Å². The van der Waals surface area contributed by atoms with Gasteiger partial charge in [0.15, 0.2) is 5.78 Å². The van der Waals surface area contributed by atoms with Crippen LogP contribution in [0.3, 0.4) is 0 Å². The molecule has 2 aromatic carbocycles. The van der Waals surface area contributed by atoms with Gasteiger partial charge in [0.2, 0.25) is 0 Å². The summed E-state index contributed by atoms with van der Waals surface area (Å²) in [6, 6.07) is 12.8. The molecule has 0 saturated heterocycles. The molecule has 0 heterocycles. The molecule has 0 aliphatic rings. The number of rotatable bonds is 8. The van der Waals surface area contributed by atoms with E-state index >= 15 is 0 Å². The number of aromatic hydroxyl groups is 1. The van der Waals surface area contributed by atoms with Gasteiger partial charge in [0.25, 0.3) is 0 Å². The molecule has 0 aliphatic carbocycles. The van der Waals surface area contributed by atoms with Gasteiger partial charge < -0.3 is 15.3 Å². The van der Waals surface area contributed by atoms with Crippen LogP contribution in [0.2, 0.25) is 0 Å². The van der Waals surface area contributed by atoms with Crippen molar-refractivity contribution in [1.29, 1.82) is 0 Å². The molecule has 7 nitrogen and oxygen atoms in total. The van der Waals surface area contributed by atoms with Crippen LogP contribution in [0.25, 0.3) is 0 Å². The Kier molecular flexibility index (Phi) is 5.86. The number of hydrogen-bond acceptors (Lipinski definition) is 5. The van der Waals surface area contributed by atoms with Crippen LogP contribution >= 0.6 is 0 Å². The molecule has 0 aromatic heterocycles. The number of ketones is 1. The first-order valence-electron chi connectivity index (χ1n) is 7.44. The summed E-state index contributed by atoms with van der Waals surface area (Å²) in [4.78, 5) is 35.4. The van der Waals surface area contributed by atoms with Crippen molar-refractivity contribution < 1.29 is 29.7 Å². The van der Waals surface area contributed by atoms with Crippen molar-refractivity contribution >= 4 is 17.7 Å². The van der Waals surface area contributed by atoms with Crippen LogP contribution in [-0.2, 0) is 16.1 Å². The third kappa shape index (κ3) is 5.15. The highest BCUT2D eigenvalue weighted by molar-refractivity contribution is 6.09. The Balaban J connectivity index is 2.27. The minimum absolute atomic E-state index is 0.111. The quantitative estimate of drug-likeness (QED) is 0.623. The second-order valence-corrected chi connectivity index (χ2v) is 5.47. The van der Waals surface area contributed by atoms with Crippen LogP contribution in [0.4, 0.5) is 0 Å². The number of carbonyl (C=O) groups excluding carboxylic acids is 1. The number of carboxylic acid groups (broad SMARTS) is 2. The van der Waals surface area contributed by atoms with Gasteiger partial charge in [-0.15, -0.1) is 0 Å². The van der Waals surface area contributed by atoms with E-state index in [4.69, 9.17) is 10.2 Å². The average Bonchev–Trinajstić information content (AvgIpc) is 2.56. The highest BCUT2D eigenvalue weighted by Gasteiger charge is 2.17. The van der Waals surface area contributed by atoms with Gasteiger partial charge in [-0.05, 0) is 18.2 Å². The zero-order valence-electron chi connectivity index (χ0n) is 13.3. The van der Waals surface area contributed by atoms with Crippen molar-refractivity contribution in [2.24, 2.45) is 0 Å². The molecular formula is C18H17NO6. The summed E-state index contributed by atoms with van der Waals surface area (Å²) in [5.41, 5.74) is 1.08. The Hall–Kier alpha value is -3.19. The zero-order chi connectivity index (χ0) is 18.4. The summed E-state index contributed by atoms with van der Waals surface area (Å²) < 4.78 is 0. The fourth-order valence-corrected chi connectivity index (χ4v) is 2.40. The second kappa shape index (κ2) is 8.07. The van der Waals surface area contributed by atoms with E-state index in [0.717, 1.165) is 4.90 Å². The molecule has 0 saturated carbocycles. The van der Waals surface area contributed by atoms with Crippen LogP contribution in [0, 0.1) is 0 Å². The topological polar surface area (TPSA) is 115 Å². The first-order chi connectivity index (χ1) is 11.9. The highest BCUT2D eigenvalue weighted by atomic mass is 16.4. The Morgan fingerprint density at radius 2 is 1.44 bits per heavy atom. The van der Waals surface area contributed by atoms with Crippen LogP contribution in [0.1, 0.15) is 21.5 Å². The molecule has 0 radical (unpaired) electrons. The van der Waals surface area contributed by atoms with Crippen molar-refractivity contribution in [3.63, 3.8) is 0 Å². The smallest absolute Gasteiger partial charge is 0.317 e. The monoisotopic (exact) mass is 343 g/mol. The molecule has 0 fully saturated rings. The van der Waals surface area contributed by atoms with E-state index in [1.807, 2.05) is 0 Å². The molecule has 0 atom stereocenters. The van der Waals surface area contributed by atoms with Gasteiger partial charge in [-0.1, -0.05) is 30.3 Å². The van der Waals surface area contributed by atoms with Crippen LogP contribution in [0.5, 0.6) is 5.75 Å². The number of carbonyl (C=O) groups is 3. The van der Waals surface area contributed by atoms with Crippen LogP contribution in [-0.4, -0.2) is 51.0 Å². The zero-order valence-corrected chi connectivity index (χ0v) is 13.3. The Morgan fingerprint density at radius 3 is 2.00 bits per heavy atom. The molecule has 3 N–H and O–H groups in total. The lowest BCUT2D eigenvalue weighted by Crippen LogP contribution is -2.34. The molecule has 130 valence electrons. The van der Waals surface area contributed by atoms with Gasteiger partial charge in [-0.25, -0.2) is 0 Å². The standard InChI is InChI=1S/C18H17NO6/c20-15-7-6-13(18(25)12-4-2-1-3-5-12)8-14(15)9-19(10-16(21)22)11-17(23)24/h1-8,20H,9-11H2,(H,21,22)(H,23,24). The Bertz CT molecular complexity index is 771. The summed E-state index contributed by atoms with van der Waals surface area (Å²) >= 11 is 0. The average molecular weight is 343 g/mol. The van der Waals surface area contributed by atoms with Gasteiger partial charge in [-0.3, -0.25) is 19.3 Å². The molecular weight excluding hydrogens is 326 g/mol. The first kappa shape index (κ1) is 18.2. The van der Waals surface area contributed by atoms with Crippen LogP contribution < -0.4 is 0 Å². The number of phenolic OH excluding ortho intramolecular Hbond substituents is 1. The maximum atomic E-state index is 12.5. The lowest BCUT2D eigenvalue weighted by molar-refractivity contribution is -0.142. The lowest BCUT2D eigenvalue weighted by atomic mass is 10.0. The van der Waals surface area contributed by atoms with E-state index in [9.17, 15) is 19.5 Å². The number of carboxylic acids is 2. The summed E-state index contributed by atoms with van der Waals surface area (Å²) in [7, 11) is 0. The molecule has 7 heteroatoms. The van der Waals surface area contributed by atoms with E-state index in [1.165, 1.54) is 18.2 Å². The summed E-state index contributed by atoms with van der Waals surface area (Å²) in [5, 5.41) is 27.7. The van der Waals surface area contributed by atoms with E-state index in [1.54, 1.807) is 30.3 Å². The summed E-state index contributed by atoms with van der Waals surface area (Å²) in [5.74, 6) is -2.75. The van der Waals surface area contributed by atoms with Crippen LogP contribution in [0.15, 0.2) is 48.5 Å². The van der Waals surface area contributed by atoms with Crippen molar-refractivity contribution in [2.45, 2.75) is 6.54 Å². The van der Waals surface area contributed by atoms with Crippen molar-refractivity contribution in [2.75, 3.05) is 13.1 Å². The van der Waals surface area contributed by atoms with E-state index in [-0.39, 0.29) is 23.6 Å². The van der Waals surface area contributed by atoms with Gasteiger partial charge in [-0.2, -0.15) is 0 Å². The minimum atomic E-state index is -1.18. The summed E-state index contributed by atoms with van der Waals surface area (Å²) in [6.45, 7) is -1.11. The minimum Gasteiger partial charge on any atom is -0.508 e. The summed E-state index contributed by atoms with van der Waals surface area (Å²) in [6.07, 6.45) is 0. The predicted molar refractivity (Wildman–Crippen MR) is 88.5 cm³/mol. The molecule has 0 unspecified atom stereocenters. The third-order valence-electron chi connectivity index (χ3n) is 3.49. The molecule has 0 spiro atoms. The SMILES string of the molecule is O=C(O)CN(CC(=O)O)Cc1cc(C(=O)c2ccccc2)ccc1O. The number of benzene rings is 2. The largest absolute Gasteiger partial charge is 0.508 e. The van der Waals surface area contributed by atoms with Gasteiger partial charge in [0, 0.05) is 23.2 Å². The molecule has 0 aliphatic heterocycles. The molecule has 0 bridgehead atoms. The highest BCUT2D eigenvalue weighted by Crippen LogP contribution is 2.22. The Labute approximate surface area is 143 Å². The second-order valence-electron chi connectivity index (χ2n) is 5.47. The maximum absolute atomic E-state index is 12.5. The van der Waals surface area contributed by atoms with Gasteiger partial charge in [0.1, 0.15) is 5.75 Å². The maximum Gasteiger partial charge on any atom is 0.317 e. The van der Waals surface area contributed by atoms with Gasteiger partial charge in [0.05, 0.1) is 13.1 Å². The predicted octanol–water partition coefficient (Wildman–Crippen LogP) is 1.59. The lowest BCUT2D eigenvalue weighted by Gasteiger charge is -2.19. The number of aliphatic carboxylic acids is 2. The van der Waals surface area contributed by atoms with E-state index in [2.05, 4.69) is 0 Å². The molecule has 25 heavy (non-hydrogen) atoms. The molecule has 0 amide bonds. The first-order valence-corrected chi connectivity index (χ1v) is 7.44. The third-order valence-corrected chi connectivity index (χ3v) is 3.49. The van der Waals surface area contributed by atoms with E-state index in [0.29, 0.717) is 11.1 Å². The molecule has 2 rings (SSSR count). The fraction of sp³-hybridized carbons (Fsp3) is 0.167. The Morgan fingerprint density at radius 1 is 0.840 bits per heavy atom. The van der Waals surface area contributed by atoms with E-state index < -0.39 is 25.0 Å².